The van der Waals surface area contributed by atoms with Crippen molar-refractivity contribution in [3.8, 4) is 5.75 Å². The number of rotatable bonds is 7. The zero-order chi connectivity index (χ0) is 17.6. The maximum Gasteiger partial charge on any atom is 0.224 e. The molecule has 0 bridgehead atoms. The lowest BCUT2D eigenvalue weighted by Gasteiger charge is -2.25. The number of carbonyl (C=O) groups is 1. The van der Waals surface area contributed by atoms with Crippen molar-refractivity contribution in [1.29, 1.82) is 0 Å². The summed E-state index contributed by atoms with van der Waals surface area (Å²) < 4.78 is 6.47. The topological polar surface area (TPSA) is 38.3 Å². The number of halogens is 1. The van der Waals surface area contributed by atoms with Gasteiger partial charge in [0.05, 0.1) is 13.0 Å². The smallest absolute Gasteiger partial charge is 0.224 e. The van der Waals surface area contributed by atoms with Crippen LogP contribution < -0.4 is 10.1 Å². The van der Waals surface area contributed by atoms with Gasteiger partial charge in [0, 0.05) is 16.4 Å². The Morgan fingerprint density at radius 3 is 2.29 bits per heavy atom. The summed E-state index contributed by atoms with van der Waals surface area (Å²) in [6.45, 7) is 7.46. The van der Waals surface area contributed by atoms with E-state index in [1.54, 1.807) is 0 Å². The van der Waals surface area contributed by atoms with Gasteiger partial charge in [-0.15, -0.1) is 0 Å². The fourth-order valence-electron chi connectivity index (χ4n) is 2.44. The minimum atomic E-state index is -0.116. The van der Waals surface area contributed by atoms with E-state index in [2.05, 4.69) is 47.2 Å². The molecule has 0 fully saturated rings. The molecular weight excluding hydrogens is 366 g/mol. The van der Waals surface area contributed by atoms with Crippen molar-refractivity contribution in [3.05, 3.63) is 64.1 Å². The molecule has 0 aliphatic carbocycles. The summed E-state index contributed by atoms with van der Waals surface area (Å²) in [6, 6.07) is 15.9. The van der Waals surface area contributed by atoms with Crippen LogP contribution in [0.4, 0.5) is 0 Å². The summed E-state index contributed by atoms with van der Waals surface area (Å²) in [6.07, 6.45) is 0.378. The Morgan fingerprint density at radius 2 is 1.71 bits per heavy atom. The number of nitrogens with one attached hydrogen (secondary N) is 1. The van der Waals surface area contributed by atoms with Gasteiger partial charge in [-0.1, -0.05) is 54.0 Å². The van der Waals surface area contributed by atoms with Gasteiger partial charge in [-0.3, -0.25) is 4.79 Å². The van der Waals surface area contributed by atoms with Crippen LogP contribution in [0.25, 0.3) is 0 Å². The molecule has 0 aliphatic rings. The molecule has 1 N–H and O–H groups in total. The molecule has 0 aromatic heterocycles. The number of hydrogen-bond donors (Lipinski definition) is 1. The fourth-order valence-corrected chi connectivity index (χ4v) is 2.71. The van der Waals surface area contributed by atoms with Crippen molar-refractivity contribution >= 4 is 21.8 Å². The van der Waals surface area contributed by atoms with Gasteiger partial charge in [-0.2, -0.15) is 0 Å². The van der Waals surface area contributed by atoms with Crippen LogP contribution in [0.3, 0.4) is 0 Å². The average Bonchev–Trinajstić information content (AvgIpc) is 2.56. The van der Waals surface area contributed by atoms with Crippen LogP contribution in [0.1, 0.15) is 31.9 Å². The highest BCUT2D eigenvalue weighted by Crippen LogP contribution is 2.24. The molecule has 1 amide bonds. The zero-order valence-electron chi connectivity index (χ0n) is 14.4. The van der Waals surface area contributed by atoms with Gasteiger partial charge >= 0.3 is 0 Å². The molecule has 0 radical (unpaired) electrons. The van der Waals surface area contributed by atoms with Gasteiger partial charge in [-0.25, -0.2) is 0 Å². The Bertz CT molecular complexity index is 663. The Hall–Kier alpha value is -1.81. The van der Waals surface area contributed by atoms with E-state index in [-0.39, 0.29) is 11.3 Å². The molecule has 2 aromatic carbocycles. The molecular formula is C20H24BrNO2. The average molecular weight is 390 g/mol. The Morgan fingerprint density at radius 1 is 1.08 bits per heavy atom. The molecule has 0 atom stereocenters. The van der Waals surface area contributed by atoms with Crippen LogP contribution in [-0.4, -0.2) is 19.1 Å². The number of benzene rings is 2. The SMILES string of the molecule is CCOc1ccc(CC(=O)NCC(C)(C)c2ccc(Br)cc2)cc1. The number of amides is 1. The molecule has 4 heteroatoms. The van der Waals surface area contributed by atoms with Crippen molar-refractivity contribution in [2.75, 3.05) is 13.2 Å². The Labute approximate surface area is 152 Å². The first kappa shape index (κ1) is 18.5. The maximum absolute atomic E-state index is 12.2. The molecule has 0 saturated heterocycles. The van der Waals surface area contributed by atoms with Crippen LogP contribution in [0.2, 0.25) is 0 Å². The van der Waals surface area contributed by atoms with Gasteiger partial charge in [-0.05, 0) is 42.3 Å². The molecule has 0 heterocycles. The summed E-state index contributed by atoms with van der Waals surface area (Å²) in [7, 11) is 0. The van der Waals surface area contributed by atoms with E-state index in [4.69, 9.17) is 4.74 Å². The van der Waals surface area contributed by atoms with Gasteiger partial charge < -0.3 is 10.1 Å². The summed E-state index contributed by atoms with van der Waals surface area (Å²) >= 11 is 3.45. The van der Waals surface area contributed by atoms with Gasteiger partial charge in [0.15, 0.2) is 0 Å². The molecule has 2 rings (SSSR count). The molecule has 2 aromatic rings. The van der Waals surface area contributed by atoms with E-state index in [0.29, 0.717) is 19.6 Å². The molecule has 3 nitrogen and oxygen atoms in total. The number of ether oxygens (including phenoxy) is 1. The number of hydrogen-bond acceptors (Lipinski definition) is 2. The first-order chi connectivity index (χ1) is 11.4. The summed E-state index contributed by atoms with van der Waals surface area (Å²) in [4.78, 5) is 12.2. The molecule has 24 heavy (non-hydrogen) atoms. The van der Waals surface area contributed by atoms with Gasteiger partial charge in [0.1, 0.15) is 5.75 Å². The minimum absolute atomic E-state index is 0.0318. The monoisotopic (exact) mass is 389 g/mol. The van der Waals surface area contributed by atoms with E-state index >= 15 is 0 Å². The highest BCUT2D eigenvalue weighted by Gasteiger charge is 2.21. The predicted molar refractivity (Wildman–Crippen MR) is 101 cm³/mol. The van der Waals surface area contributed by atoms with E-state index in [9.17, 15) is 4.79 Å². The van der Waals surface area contributed by atoms with Crippen molar-refractivity contribution in [2.24, 2.45) is 0 Å². The number of carbonyl (C=O) groups excluding carboxylic acids is 1. The maximum atomic E-state index is 12.2. The van der Waals surface area contributed by atoms with Crippen molar-refractivity contribution < 1.29 is 9.53 Å². The minimum Gasteiger partial charge on any atom is -0.494 e. The quantitative estimate of drug-likeness (QED) is 0.757. The molecule has 0 saturated carbocycles. The van der Waals surface area contributed by atoms with Crippen LogP contribution in [0.15, 0.2) is 53.0 Å². The summed E-state index contributed by atoms with van der Waals surface area (Å²) in [5.74, 6) is 0.863. The van der Waals surface area contributed by atoms with Crippen molar-refractivity contribution in [1.82, 2.24) is 5.32 Å². The Kier molecular flexibility index (Phi) is 6.44. The highest BCUT2D eigenvalue weighted by atomic mass is 79.9. The molecule has 0 aliphatic heterocycles. The van der Waals surface area contributed by atoms with E-state index in [1.807, 2.05) is 43.3 Å². The molecule has 0 spiro atoms. The van der Waals surface area contributed by atoms with Crippen LogP contribution in [0, 0.1) is 0 Å². The van der Waals surface area contributed by atoms with E-state index in [1.165, 1.54) is 5.56 Å². The third-order valence-corrected chi connectivity index (χ3v) is 4.48. The first-order valence-corrected chi connectivity index (χ1v) is 8.94. The Balaban J connectivity index is 1.88. The normalized spacial score (nSPS) is 11.2. The van der Waals surface area contributed by atoms with Crippen LogP contribution in [-0.2, 0) is 16.6 Å². The largest absolute Gasteiger partial charge is 0.494 e. The van der Waals surface area contributed by atoms with Gasteiger partial charge in [0.25, 0.3) is 0 Å². The highest BCUT2D eigenvalue weighted by molar-refractivity contribution is 9.10. The standard InChI is InChI=1S/C20H24BrNO2/c1-4-24-18-11-5-15(6-12-18)13-19(23)22-14-20(2,3)16-7-9-17(21)10-8-16/h5-12H,4,13-14H2,1-3H3,(H,22,23). The van der Waals surface area contributed by atoms with E-state index in [0.717, 1.165) is 15.8 Å². The molecule has 128 valence electrons. The fraction of sp³-hybridized carbons (Fsp3) is 0.350. The zero-order valence-corrected chi connectivity index (χ0v) is 16.0. The second kappa shape index (κ2) is 8.34. The third kappa shape index (κ3) is 5.38. The summed E-state index contributed by atoms with van der Waals surface area (Å²) in [5, 5.41) is 3.04. The van der Waals surface area contributed by atoms with Crippen molar-refractivity contribution in [2.45, 2.75) is 32.6 Å². The lowest BCUT2D eigenvalue weighted by molar-refractivity contribution is -0.120. The lowest BCUT2D eigenvalue weighted by Crippen LogP contribution is -2.37. The first-order valence-electron chi connectivity index (χ1n) is 8.15. The van der Waals surface area contributed by atoms with Crippen molar-refractivity contribution in [3.63, 3.8) is 0 Å². The summed E-state index contributed by atoms with van der Waals surface area (Å²) in [5.41, 5.74) is 2.07. The van der Waals surface area contributed by atoms with E-state index < -0.39 is 0 Å². The van der Waals surface area contributed by atoms with Crippen LogP contribution in [0.5, 0.6) is 5.75 Å². The second-order valence-electron chi connectivity index (χ2n) is 6.42. The lowest BCUT2D eigenvalue weighted by atomic mass is 9.84. The van der Waals surface area contributed by atoms with Crippen LogP contribution >= 0.6 is 15.9 Å². The second-order valence-corrected chi connectivity index (χ2v) is 7.34. The predicted octanol–water partition coefficient (Wildman–Crippen LogP) is 4.48. The van der Waals surface area contributed by atoms with Gasteiger partial charge in [0.2, 0.25) is 5.91 Å². The third-order valence-electron chi connectivity index (χ3n) is 3.95. The molecule has 0 unspecified atom stereocenters.